The minimum atomic E-state index is -4.55. The van der Waals surface area contributed by atoms with Crippen molar-refractivity contribution in [2.45, 2.75) is 11.3 Å². The molecule has 1 heterocycles. The van der Waals surface area contributed by atoms with Crippen molar-refractivity contribution >= 4 is 48.0 Å². The molecule has 94 valence electrons. The predicted octanol–water partition coefficient (Wildman–Crippen LogP) is 2.46. The van der Waals surface area contributed by atoms with Gasteiger partial charge < -0.3 is 0 Å². The molecule has 0 aliphatic heterocycles. The van der Waals surface area contributed by atoms with Crippen LogP contribution in [-0.4, -0.2) is 18.3 Å². The molecule has 0 unspecified atom stereocenters. The van der Waals surface area contributed by atoms with Gasteiger partial charge in [-0.2, -0.15) is 0 Å². The Kier molecular flexibility index (Phi) is 4.19. The van der Waals surface area contributed by atoms with Crippen LogP contribution in [0.2, 0.25) is 0 Å². The van der Waals surface area contributed by atoms with Crippen LogP contribution < -0.4 is 0 Å². The van der Waals surface area contributed by atoms with E-state index in [0.29, 0.717) is 6.20 Å². The van der Waals surface area contributed by atoms with Crippen molar-refractivity contribution in [1.29, 1.82) is 0 Å². The van der Waals surface area contributed by atoms with Gasteiger partial charge >= 0.3 is 0 Å². The van der Waals surface area contributed by atoms with E-state index in [1.54, 1.807) is 0 Å². The molecule has 0 aliphatic rings. The molecule has 0 saturated carbocycles. The summed E-state index contributed by atoms with van der Waals surface area (Å²) in [5.41, 5.74) is -2.33. The van der Waals surface area contributed by atoms with E-state index in [1.807, 2.05) is 0 Å². The highest BCUT2D eigenvalue weighted by molar-refractivity contribution is 14.1. The molecule has 11 heteroatoms. The Balaban J connectivity index is 3.80. The summed E-state index contributed by atoms with van der Waals surface area (Å²) >= 11 is 1.35. The van der Waals surface area contributed by atoms with E-state index in [1.165, 1.54) is 22.6 Å². The van der Waals surface area contributed by atoms with Gasteiger partial charge in [-0.15, -0.1) is 0 Å². The monoisotopic (exact) mass is 398 g/mol. The first-order valence-electron chi connectivity index (χ1n) is 3.72. The van der Waals surface area contributed by atoms with Crippen LogP contribution in [0.1, 0.15) is 12.0 Å². The zero-order chi connectivity index (χ0) is 13.4. The quantitative estimate of drug-likeness (QED) is 0.256. The molecule has 0 bridgehead atoms. The van der Waals surface area contributed by atoms with Crippen molar-refractivity contribution in [3.05, 3.63) is 25.6 Å². The smallest absolute Gasteiger partial charge is 0.258 e. The van der Waals surface area contributed by atoms with Gasteiger partial charge in [-0.3, -0.25) is 10.1 Å². The van der Waals surface area contributed by atoms with Crippen LogP contribution in [0.3, 0.4) is 0 Å². The van der Waals surface area contributed by atoms with Gasteiger partial charge in [0.1, 0.15) is 20.4 Å². The molecule has 0 aliphatic carbocycles. The Morgan fingerprint density at radius 2 is 2.06 bits per heavy atom. The number of rotatable bonds is 3. The fourth-order valence-corrected chi connectivity index (χ4v) is 3.93. The van der Waals surface area contributed by atoms with Crippen LogP contribution in [0.5, 0.6) is 0 Å². The molecule has 0 radical (unpaired) electrons. The van der Waals surface area contributed by atoms with Crippen LogP contribution in [0.15, 0.2) is 11.1 Å². The SMILES string of the molecule is O=[N+]([O-])c1cnc(I)c(S(=O)(=O)Cl)c1C(F)F. The number of aromatic nitrogens is 1. The first kappa shape index (κ1) is 14.4. The van der Waals surface area contributed by atoms with Crippen molar-refractivity contribution in [2.75, 3.05) is 0 Å². The molecule has 17 heavy (non-hydrogen) atoms. The molecule has 0 saturated heterocycles. The van der Waals surface area contributed by atoms with Gasteiger partial charge in [0.15, 0.2) is 0 Å². The summed E-state index contributed by atoms with van der Waals surface area (Å²) in [6.07, 6.45) is -2.79. The lowest BCUT2D eigenvalue weighted by Crippen LogP contribution is -2.07. The molecule has 6 nitrogen and oxygen atoms in total. The minimum Gasteiger partial charge on any atom is -0.258 e. The highest BCUT2D eigenvalue weighted by Gasteiger charge is 2.33. The van der Waals surface area contributed by atoms with Crippen LogP contribution in [0, 0.1) is 13.8 Å². The summed E-state index contributed by atoms with van der Waals surface area (Å²) in [6.45, 7) is 0. The fourth-order valence-electron chi connectivity index (χ4n) is 1.06. The summed E-state index contributed by atoms with van der Waals surface area (Å²) in [5, 5.41) is 10.5. The zero-order valence-corrected chi connectivity index (χ0v) is 11.3. The molecule has 0 atom stereocenters. The van der Waals surface area contributed by atoms with E-state index in [9.17, 15) is 27.3 Å². The Labute approximate surface area is 112 Å². The van der Waals surface area contributed by atoms with Crippen molar-refractivity contribution in [2.24, 2.45) is 0 Å². The maximum Gasteiger partial charge on any atom is 0.297 e. The maximum absolute atomic E-state index is 12.7. The summed E-state index contributed by atoms with van der Waals surface area (Å²) in [5.74, 6) is 0. The fraction of sp³-hybridized carbons (Fsp3) is 0.167. The highest BCUT2D eigenvalue weighted by atomic mass is 127. The molecule has 0 aromatic carbocycles. The van der Waals surface area contributed by atoms with Gasteiger partial charge in [0.05, 0.1) is 4.92 Å². The van der Waals surface area contributed by atoms with Crippen LogP contribution in [0.4, 0.5) is 14.5 Å². The van der Waals surface area contributed by atoms with E-state index in [2.05, 4.69) is 4.98 Å². The molecule has 0 N–H and O–H groups in total. The van der Waals surface area contributed by atoms with Crippen molar-refractivity contribution < 1.29 is 22.1 Å². The average molecular weight is 399 g/mol. The van der Waals surface area contributed by atoms with E-state index in [0.717, 1.165) is 0 Å². The van der Waals surface area contributed by atoms with E-state index in [-0.39, 0.29) is 3.70 Å². The van der Waals surface area contributed by atoms with E-state index >= 15 is 0 Å². The second-order valence-corrected chi connectivity index (χ2v) is 6.20. The lowest BCUT2D eigenvalue weighted by molar-refractivity contribution is -0.386. The van der Waals surface area contributed by atoms with Gasteiger partial charge in [-0.05, 0) is 22.6 Å². The Hall–Kier alpha value is -0.620. The molecule has 0 amide bonds. The van der Waals surface area contributed by atoms with E-state index < -0.39 is 36.5 Å². The Morgan fingerprint density at radius 1 is 1.53 bits per heavy atom. The van der Waals surface area contributed by atoms with Crippen LogP contribution in [0.25, 0.3) is 0 Å². The third-order valence-corrected chi connectivity index (χ3v) is 4.21. The zero-order valence-electron chi connectivity index (χ0n) is 7.60. The van der Waals surface area contributed by atoms with Crippen molar-refractivity contribution in [1.82, 2.24) is 4.98 Å². The number of pyridine rings is 1. The van der Waals surface area contributed by atoms with Crippen LogP contribution >= 0.6 is 33.3 Å². The van der Waals surface area contributed by atoms with Gasteiger partial charge in [-0.1, -0.05) is 0 Å². The number of nitrogens with zero attached hydrogens (tertiary/aromatic N) is 2. The summed E-state index contributed by atoms with van der Waals surface area (Å²) < 4.78 is 47.3. The number of alkyl halides is 2. The first-order chi connectivity index (χ1) is 7.66. The second-order valence-electron chi connectivity index (χ2n) is 2.67. The summed E-state index contributed by atoms with van der Waals surface area (Å²) in [6, 6.07) is 0. The lowest BCUT2D eigenvalue weighted by atomic mass is 10.2. The van der Waals surface area contributed by atoms with Crippen molar-refractivity contribution in [3.8, 4) is 0 Å². The second kappa shape index (κ2) is 4.94. The largest absolute Gasteiger partial charge is 0.297 e. The molecular weight excluding hydrogens is 396 g/mol. The number of halogens is 4. The topological polar surface area (TPSA) is 90.2 Å². The standard InChI is InChI=1S/C6H2ClF2IN2O4S/c7-17(15,16)4-3(5(8)9)2(12(13)14)1-11-6(4)10/h1,5H. The molecule has 1 aromatic rings. The molecule has 1 aromatic heterocycles. The van der Waals surface area contributed by atoms with Gasteiger partial charge in [0.2, 0.25) is 0 Å². The first-order valence-corrected chi connectivity index (χ1v) is 7.10. The Morgan fingerprint density at radius 3 is 2.41 bits per heavy atom. The highest BCUT2D eigenvalue weighted by Crippen LogP contribution is 2.37. The van der Waals surface area contributed by atoms with Crippen LogP contribution in [-0.2, 0) is 9.05 Å². The number of hydrogen-bond donors (Lipinski definition) is 0. The number of nitro groups is 1. The van der Waals surface area contributed by atoms with E-state index in [4.69, 9.17) is 10.7 Å². The third kappa shape index (κ3) is 2.98. The lowest BCUT2D eigenvalue weighted by Gasteiger charge is -2.07. The van der Waals surface area contributed by atoms with Gasteiger partial charge in [0, 0.05) is 10.7 Å². The average Bonchev–Trinajstić information content (AvgIpc) is 2.14. The Bertz CT molecular complexity index is 580. The summed E-state index contributed by atoms with van der Waals surface area (Å²) in [7, 11) is 0.414. The number of hydrogen-bond acceptors (Lipinski definition) is 5. The maximum atomic E-state index is 12.7. The molecule has 1 rings (SSSR count). The molecule has 0 fully saturated rings. The molecule has 0 spiro atoms. The predicted molar refractivity (Wildman–Crippen MR) is 61.6 cm³/mol. The molecular formula is C6H2ClF2IN2O4S. The summed E-state index contributed by atoms with van der Waals surface area (Å²) in [4.78, 5) is 11.7. The van der Waals surface area contributed by atoms with Crippen molar-refractivity contribution in [3.63, 3.8) is 0 Å². The minimum absolute atomic E-state index is 0.349. The van der Waals surface area contributed by atoms with Gasteiger partial charge in [-0.25, -0.2) is 22.2 Å². The van der Waals surface area contributed by atoms with Gasteiger partial charge in [0.25, 0.3) is 21.2 Å². The normalized spacial score (nSPS) is 11.8. The third-order valence-electron chi connectivity index (χ3n) is 1.67.